The van der Waals surface area contributed by atoms with E-state index in [1.807, 2.05) is 11.0 Å². The number of hydrogen-bond acceptors (Lipinski definition) is 3. The van der Waals surface area contributed by atoms with Gasteiger partial charge in [-0.3, -0.25) is 14.5 Å². The van der Waals surface area contributed by atoms with Crippen molar-refractivity contribution < 1.29 is 14.4 Å². The normalized spacial score (nSPS) is 22.6. The van der Waals surface area contributed by atoms with Gasteiger partial charge in [-0.05, 0) is 43.6 Å². The van der Waals surface area contributed by atoms with Crippen LogP contribution in [-0.4, -0.2) is 64.8 Å². The third kappa shape index (κ3) is 3.77. The molecule has 2 heterocycles. The second-order valence-corrected chi connectivity index (χ2v) is 8.84. The lowest BCUT2D eigenvalue weighted by molar-refractivity contribution is -0.141. The van der Waals surface area contributed by atoms with E-state index in [0.717, 1.165) is 38.5 Å². The van der Waals surface area contributed by atoms with Crippen LogP contribution in [0.3, 0.4) is 0 Å². The zero-order chi connectivity index (χ0) is 20.4. The minimum atomic E-state index is -0.710. The van der Waals surface area contributed by atoms with Crippen molar-refractivity contribution in [1.29, 1.82) is 0 Å². The molecule has 2 aliphatic heterocycles. The van der Waals surface area contributed by atoms with Crippen LogP contribution in [0.2, 0.25) is 0 Å². The zero-order valence-corrected chi connectivity index (χ0v) is 17.3. The van der Waals surface area contributed by atoms with E-state index >= 15 is 0 Å². The lowest BCUT2D eigenvalue weighted by atomic mass is 9.81. The second-order valence-electron chi connectivity index (χ2n) is 8.84. The van der Waals surface area contributed by atoms with Crippen LogP contribution >= 0.6 is 0 Å². The Kier molecular flexibility index (Phi) is 5.61. The first-order valence-corrected chi connectivity index (χ1v) is 10.9. The van der Waals surface area contributed by atoms with E-state index in [1.165, 1.54) is 10.5 Å². The third-order valence-electron chi connectivity index (χ3n) is 7.11. The molecule has 6 nitrogen and oxygen atoms in total. The molecule has 1 spiro atoms. The summed E-state index contributed by atoms with van der Waals surface area (Å²) in [5, 5.41) is 0. The number of urea groups is 1. The van der Waals surface area contributed by atoms with Gasteiger partial charge < -0.3 is 9.80 Å². The van der Waals surface area contributed by atoms with E-state index < -0.39 is 5.54 Å². The number of hydrogen-bond donors (Lipinski definition) is 0. The molecule has 0 atom stereocenters. The Hall–Kier alpha value is -2.37. The van der Waals surface area contributed by atoms with Crippen LogP contribution in [0.15, 0.2) is 30.3 Å². The van der Waals surface area contributed by atoms with Crippen molar-refractivity contribution in [2.24, 2.45) is 5.92 Å². The highest BCUT2D eigenvalue weighted by Crippen LogP contribution is 2.39. The molecule has 1 saturated carbocycles. The lowest BCUT2D eigenvalue weighted by Gasteiger charge is -2.36. The first-order chi connectivity index (χ1) is 14.0. The van der Waals surface area contributed by atoms with Crippen LogP contribution < -0.4 is 0 Å². The van der Waals surface area contributed by atoms with Crippen molar-refractivity contribution >= 4 is 17.8 Å². The topological polar surface area (TPSA) is 60.9 Å². The molecule has 0 bridgehead atoms. The van der Waals surface area contributed by atoms with Gasteiger partial charge in [-0.2, -0.15) is 0 Å². The molecule has 0 N–H and O–H groups in total. The number of amides is 4. The minimum Gasteiger partial charge on any atom is -0.341 e. The number of benzene rings is 1. The number of piperidine rings is 1. The fourth-order valence-corrected chi connectivity index (χ4v) is 5.24. The maximum Gasteiger partial charge on any atom is 0.327 e. The Morgan fingerprint density at radius 1 is 1.03 bits per heavy atom. The standard InChI is InChI=1S/C23H31N3O3/c1-24-22(29)26(21(28)23(24)12-6-3-7-13-23)17-20(27)25-14-10-19(11-15-25)16-18-8-4-2-5-9-18/h2,4-5,8-9,19H,3,6-7,10-17H2,1H3. The van der Waals surface area contributed by atoms with Crippen molar-refractivity contribution in [2.45, 2.75) is 56.9 Å². The summed E-state index contributed by atoms with van der Waals surface area (Å²) in [5.74, 6) is 0.302. The molecule has 0 aromatic heterocycles. The summed E-state index contributed by atoms with van der Waals surface area (Å²) in [6, 6.07) is 10.1. The Bertz CT molecular complexity index is 765. The summed E-state index contributed by atoms with van der Waals surface area (Å²) >= 11 is 0. The highest BCUT2D eigenvalue weighted by molar-refractivity contribution is 6.08. The molecule has 1 aliphatic carbocycles. The van der Waals surface area contributed by atoms with Crippen molar-refractivity contribution in [2.75, 3.05) is 26.7 Å². The number of likely N-dealkylation sites (tertiary alicyclic amines) is 1. The summed E-state index contributed by atoms with van der Waals surface area (Å²) in [7, 11) is 1.71. The van der Waals surface area contributed by atoms with Crippen LogP contribution in [0.1, 0.15) is 50.5 Å². The maximum absolute atomic E-state index is 13.1. The molecule has 1 aromatic rings. The largest absolute Gasteiger partial charge is 0.341 e. The van der Waals surface area contributed by atoms with E-state index in [1.54, 1.807) is 11.9 Å². The molecule has 156 valence electrons. The summed E-state index contributed by atoms with van der Waals surface area (Å²) < 4.78 is 0. The third-order valence-corrected chi connectivity index (χ3v) is 7.11. The Balaban J connectivity index is 1.33. The van der Waals surface area contributed by atoms with Gasteiger partial charge in [0.05, 0.1) is 0 Å². The number of likely N-dealkylation sites (N-methyl/N-ethyl adjacent to an activating group) is 1. The average molecular weight is 398 g/mol. The van der Waals surface area contributed by atoms with Gasteiger partial charge in [-0.15, -0.1) is 0 Å². The first-order valence-electron chi connectivity index (χ1n) is 10.9. The average Bonchev–Trinajstić information content (AvgIpc) is 2.92. The van der Waals surface area contributed by atoms with Crippen molar-refractivity contribution in [1.82, 2.24) is 14.7 Å². The molecular weight excluding hydrogens is 366 g/mol. The molecule has 0 radical (unpaired) electrons. The molecule has 3 aliphatic rings. The SMILES string of the molecule is CN1C(=O)N(CC(=O)N2CCC(Cc3ccccc3)CC2)C(=O)C12CCCCC2. The molecule has 2 saturated heterocycles. The summed E-state index contributed by atoms with van der Waals surface area (Å²) in [6.07, 6.45) is 7.42. The molecule has 29 heavy (non-hydrogen) atoms. The van der Waals surface area contributed by atoms with E-state index in [2.05, 4.69) is 24.3 Å². The zero-order valence-electron chi connectivity index (χ0n) is 17.3. The second kappa shape index (κ2) is 8.17. The maximum atomic E-state index is 13.1. The van der Waals surface area contributed by atoms with Crippen LogP contribution in [0.5, 0.6) is 0 Å². The smallest absolute Gasteiger partial charge is 0.327 e. The molecule has 4 rings (SSSR count). The lowest BCUT2D eigenvalue weighted by Crippen LogP contribution is -2.50. The van der Waals surface area contributed by atoms with Gasteiger partial charge in [0, 0.05) is 20.1 Å². The van der Waals surface area contributed by atoms with E-state index in [9.17, 15) is 14.4 Å². The highest BCUT2D eigenvalue weighted by atomic mass is 16.2. The monoisotopic (exact) mass is 397 g/mol. The predicted octanol–water partition coefficient (Wildman–Crippen LogP) is 3.06. The Morgan fingerprint density at radius 2 is 1.69 bits per heavy atom. The predicted molar refractivity (Wildman–Crippen MR) is 110 cm³/mol. The van der Waals surface area contributed by atoms with Gasteiger partial charge in [-0.25, -0.2) is 4.79 Å². The van der Waals surface area contributed by atoms with Crippen molar-refractivity contribution in [3.63, 3.8) is 0 Å². The first kappa shape index (κ1) is 19.9. The quantitative estimate of drug-likeness (QED) is 0.734. The van der Waals surface area contributed by atoms with E-state index in [4.69, 9.17) is 0 Å². The van der Waals surface area contributed by atoms with Crippen molar-refractivity contribution in [3.8, 4) is 0 Å². The van der Waals surface area contributed by atoms with Gasteiger partial charge in [0.1, 0.15) is 12.1 Å². The summed E-state index contributed by atoms with van der Waals surface area (Å²) in [6.45, 7) is 1.29. The highest BCUT2D eigenvalue weighted by Gasteiger charge is 2.56. The molecular formula is C23H31N3O3. The van der Waals surface area contributed by atoms with Gasteiger partial charge in [0.2, 0.25) is 5.91 Å². The van der Waals surface area contributed by atoms with Gasteiger partial charge >= 0.3 is 6.03 Å². The minimum absolute atomic E-state index is 0.105. The molecule has 0 unspecified atom stereocenters. The van der Waals surface area contributed by atoms with Gasteiger partial charge in [0.15, 0.2) is 0 Å². The van der Waals surface area contributed by atoms with E-state index in [-0.39, 0.29) is 24.4 Å². The number of carbonyl (C=O) groups is 3. The fourth-order valence-electron chi connectivity index (χ4n) is 5.24. The molecule has 6 heteroatoms. The summed E-state index contributed by atoms with van der Waals surface area (Å²) in [4.78, 5) is 43.3. The Morgan fingerprint density at radius 3 is 2.34 bits per heavy atom. The molecule has 4 amide bonds. The number of nitrogens with zero attached hydrogens (tertiary/aromatic N) is 3. The van der Waals surface area contributed by atoms with Crippen LogP contribution in [0, 0.1) is 5.92 Å². The fraction of sp³-hybridized carbons (Fsp3) is 0.609. The van der Waals surface area contributed by atoms with Crippen LogP contribution in [0.4, 0.5) is 4.79 Å². The van der Waals surface area contributed by atoms with Gasteiger partial charge in [-0.1, -0.05) is 49.6 Å². The molecule has 3 fully saturated rings. The van der Waals surface area contributed by atoms with Crippen LogP contribution in [-0.2, 0) is 16.0 Å². The van der Waals surface area contributed by atoms with Crippen LogP contribution in [0.25, 0.3) is 0 Å². The number of imide groups is 1. The van der Waals surface area contributed by atoms with Crippen molar-refractivity contribution in [3.05, 3.63) is 35.9 Å². The number of rotatable bonds is 4. The molecule has 1 aromatic carbocycles. The number of carbonyl (C=O) groups excluding carboxylic acids is 3. The van der Waals surface area contributed by atoms with Gasteiger partial charge in [0.25, 0.3) is 5.91 Å². The van der Waals surface area contributed by atoms with E-state index in [0.29, 0.717) is 31.8 Å². The Labute approximate surface area is 172 Å². The summed E-state index contributed by atoms with van der Waals surface area (Å²) in [5.41, 5.74) is 0.629.